The number of carbonyl (C=O) groups is 2. The molecule has 6 rings (SSSR count). The smallest absolute Gasteiger partial charge is 0.271 e. The Labute approximate surface area is 272 Å². The largest absolute Gasteiger partial charge is 0.457 e. The lowest BCUT2D eigenvalue weighted by molar-refractivity contribution is -0.384. The molecule has 0 radical (unpaired) electrons. The average Bonchev–Trinajstić information content (AvgIpc) is 3.67. The second-order valence-electron chi connectivity index (χ2n) is 9.83. The Morgan fingerprint density at radius 3 is 1.45 bits per heavy atom. The number of aromatic amines is 2. The molecule has 0 aliphatic rings. The Hall–Kier alpha value is -5.94. The van der Waals surface area contributed by atoms with Gasteiger partial charge in [-0.2, -0.15) is 0 Å². The van der Waals surface area contributed by atoms with Crippen molar-refractivity contribution in [1.29, 1.82) is 0 Å². The zero-order valence-electron chi connectivity index (χ0n) is 24.0. The van der Waals surface area contributed by atoms with Crippen molar-refractivity contribution in [2.24, 2.45) is 0 Å². The second-order valence-corrected chi connectivity index (χ2v) is 11.8. The summed E-state index contributed by atoms with van der Waals surface area (Å²) in [5.41, 5.74) is 3.23. The van der Waals surface area contributed by atoms with Crippen molar-refractivity contribution in [1.82, 2.24) is 19.9 Å². The van der Waals surface area contributed by atoms with Crippen LogP contribution in [0.15, 0.2) is 95.2 Å². The molecule has 47 heavy (non-hydrogen) atoms. The predicted molar refractivity (Wildman–Crippen MR) is 177 cm³/mol. The number of non-ortho nitro benzene ring substituents is 2. The molecule has 4 N–H and O–H groups in total. The van der Waals surface area contributed by atoms with Gasteiger partial charge in [0.05, 0.1) is 43.4 Å². The lowest BCUT2D eigenvalue weighted by Crippen LogP contribution is -2.14. The van der Waals surface area contributed by atoms with E-state index in [9.17, 15) is 29.8 Å². The minimum atomic E-state index is -0.482. The fourth-order valence-corrected chi connectivity index (χ4v) is 5.69. The minimum absolute atomic E-state index is 0.0454. The van der Waals surface area contributed by atoms with Gasteiger partial charge in [-0.1, -0.05) is 23.5 Å². The average molecular weight is 671 g/mol. The van der Waals surface area contributed by atoms with Crippen LogP contribution in [0.1, 0.15) is 0 Å². The molecule has 17 heteroatoms. The number of anilines is 2. The summed E-state index contributed by atoms with van der Waals surface area (Å²) >= 11 is 2.35. The van der Waals surface area contributed by atoms with Crippen LogP contribution in [0.4, 0.5) is 22.7 Å². The van der Waals surface area contributed by atoms with Crippen molar-refractivity contribution in [2.45, 2.75) is 10.3 Å². The lowest BCUT2D eigenvalue weighted by Gasteiger charge is -2.09. The molecule has 0 bridgehead atoms. The number of hydrogen-bond donors (Lipinski definition) is 4. The summed E-state index contributed by atoms with van der Waals surface area (Å²) in [5.74, 6) is 0.726. The summed E-state index contributed by atoms with van der Waals surface area (Å²) in [6.07, 6.45) is 0. The first-order chi connectivity index (χ1) is 22.7. The monoisotopic (exact) mass is 670 g/mol. The summed E-state index contributed by atoms with van der Waals surface area (Å²) in [7, 11) is 0. The fourth-order valence-electron chi connectivity index (χ4n) is 4.32. The molecule has 0 aliphatic heterocycles. The van der Waals surface area contributed by atoms with Gasteiger partial charge in [0.1, 0.15) is 11.5 Å². The molecule has 0 saturated heterocycles. The van der Waals surface area contributed by atoms with E-state index in [4.69, 9.17) is 4.74 Å². The van der Waals surface area contributed by atoms with Crippen LogP contribution in [-0.4, -0.2) is 53.1 Å². The first-order valence-corrected chi connectivity index (χ1v) is 15.7. The predicted octanol–water partition coefficient (Wildman–Crippen LogP) is 6.51. The highest BCUT2D eigenvalue weighted by Gasteiger charge is 2.13. The molecule has 236 valence electrons. The molecule has 0 fully saturated rings. The van der Waals surface area contributed by atoms with Crippen LogP contribution in [0.25, 0.3) is 22.1 Å². The summed E-state index contributed by atoms with van der Waals surface area (Å²) in [6, 6.07) is 22.3. The number of nitrogens with one attached hydrogen (secondary N) is 4. The maximum absolute atomic E-state index is 12.5. The SMILES string of the molecule is O=C(CSc1nc2ccc([N+](=O)[O-])cc2[nH]1)Nc1ccc(Oc2ccc(NC(=O)CSc3nc4ccc([N+](=O)[O-])cc4[nH]3)cc2)cc1. The van der Waals surface area contributed by atoms with Crippen molar-refractivity contribution in [3.05, 3.63) is 105 Å². The normalized spacial score (nSPS) is 11.0. The Balaban J connectivity index is 0.946. The molecular formula is C30H22N8O7S2. The standard InChI is InChI=1S/C30H22N8O7S2/c39-27(15-46-29-33-23-11-5-19(37(41)42)13-25(23)35-29)31-17-1-7-21(8-2-17)45-22-9-3-18(4-10-22)32-28(40)16-47-30-34-24-12-6-20(38(43)44)14-26(24)36-30/h1-14H,15-16H2,(H,31,39)(H,32,40)(H,33,35)(H,34,36). The van der Waals surface area contributed by atoms with Gasteiger partial charge in [0.2, 0.25) is 11.8 Å². The van der Waals surface area contributed by atoms with E-state index in [0.29, 0.717) is 55.3 Å². The van der Waals surface area contributed by atoms with E-state index < -0.39 is 9.85 Å². The van der Waals surface area contributed by atoms with Crippen LogP contribution in [0.3, 0.4) is 0 Å². The van der Waals surface area contributed by atoms with Gasteiger partial charge in [0.25, 0.3) is 11.4 Å². The number of amides is 2. The van der Waals surface area contributed by atoms with Crippen molar-refractivity contribution < 1.29 is 24.2 Å². The van der Waals surface area contributed by atoms with Gasteiger partial charge in [0, 0.05) is 35.6 Å². The van der Waals surface area contributed by atoms with Gasteiger partial charge in [-0.25, -0.2) is 9.97 Å². The van der Waals surface area contributed by atoms with Crippen LogP contribution in [0.5, 0.6) is 11.5 Å². The summed E-state index contributed by atoms with van der Waals surface area (Å²) in [4.78, 5) is 60.5. The first kappa shape index (κ1) is 31.1. The third-order valence-electron chi connectivity index (χ3n) is 6.50. The van der Waals surface area contributed by atoms with E-state index in [2.05, 4.69) is 30.6 Å². The number of rotatable bonds is 12. The Morgan fingerprint density at radius 2 is 1.06 bits per heavy atom. The quantitative estimate of drug-likeness (QED) is 0.0626. The third-order valence-corrected chi connectivity index (χ3v) is 8.25. The number of nitro benzene ring substituents is 2. The van der Waals surface area contributed by atoms with Gasteiger partial charge in [-0.05, 0) is 60.7 Å². The summed E-state index contributed by atoms with van der Waals surface area (Å²) in [6.45, 7) is 0. The van der Waals surface area contributed by atoms with Crippen molar-refractivity contribution in [3.8, 4) is 11.5 Å². The minimum Gasteiger partial charge on any atom is -0.457 e. The maximum atomic E-state index is 12.5. The van der Waals surface area contributed by atoms with E-state index >= 15 is 0 Å². The van der Waals surface area contributed by atoms with E-state index in [-0.39, 0.29) is 34.7 Å². The summed E-state index contributed by atoms with van der Waals surface area (Å²) in [5, 5.41) is 28.5. The van der Waals surface area contributed by atoms with E-state index in [1.807, 2.05) is 0 Å². The Bertz CT molecular complexity index is 1980. The number of nitro groups is 2. The molecule has 15 nitrogen and oxygen atoms in total. The van der Waals surface area contributed by atoms with Gasteiger partial charge in [-0.15, -0.1) is 0 Å². The number of aromatic nitrogens is 4. The molecule has 0 atom stereocenters. The topological polar surface area (TPSA) is 211 Å². The van der Waals surface area contributed by atoms with Gasteiger partial charge < -0.3 is 25.3 Å². The molecule has 2 heterocycles. The Morgan fingerprint density at radius 1 is 0.660 bits per heavy atom. The van der Waals surface area contributed by atoms with Crippen LogP contribution >= 0.6 is 23.5 Å². The van der Waals surface area contributed by atoms with Crippen molar-refractivity contribution in [2.75, 3.05) is 22.1 Å². The van der Waals surface area contributed by atoms with Crippen LogP contribution in [-0.2, 0) is 9.59 Å². The second kappa shape index (κ2) is 13.6. The summed E-state index contributed by atoms with van der Waals surface area (Å²) < 4.78 is 5.87. The molecule has 6 aromatic rings. The number of H-pyrrole nitrogens is 2. The number of nitrogens with zero attached hydrogens (tertiary/aromatic N) is 4. The number of imidazole rings is 2. The molecule has 0 aliphatic carbocycles. The number of thioether (sulfide) groups is 2. The highest BCUT2D eigenvalue weighted by molar-refractivity contribution is 8.00. The number of carbonyl (C=O) groups excluding carboxylic acids is 2. The maximum Gasteiger partial charge on any atom is 0.271 e. The lowest BCUT2D eigenvalue weighted by atomic mass is 10.3. The molecule has 0 unspecified atom stereocenters. The fraction of sp³-hybridized carbons (Fsp3) is 0.0667. The number of ether oxygens (including phenoxy) is 1. The number of fused-ring (bicyclic) bond motifs is 2. The zero-order chi connectivity index (χ0) is 32.9. The van der Waals surface area contributed by atoms with Crippen molar-refractivity contribution >= 4 is 80.2 Å². The van der Waals surface area contributed by atoms with Gasteiger partial charge in [0.15, 0.2) is 10.3 Å². The van der Waals surface area contributed by atoms with Crippen LogP contribution in [0.2, 0.25) is 0 Å². The molecule has 2 aromatic heterocycles. The highest BCUT2D eigenvalue weighted by Crippen LogP contribution is 2.27. The zero-order valence-corrected chi connectivity index (χ0v) is 25.6. The van der Waals surface area contributed by atoms with E-state index in [0.717, 1.165) is 0 Å². The molecule has 2 amide bonds. The van der Waals surface area contributed by atoms with E-state index in [1.54, 1.807) is 60.7 Å². The highest BCUT2D eigenvalue weighted by atomic mass is 32.2. The molecular weight excluding hydrogens is 649 g/mol. The van der Waals surface area contributed by atoms with Crippen LogP contribution < -0.4 is 15.4 Å². The molecule has 4 aromatic carbocycles. The number of hydrogen-bond acceptors (Lipinski definition) is 11. The van der Waals surface area contributed by atoms with Gasteiger partial charge >= 0.3 is 0 Å². The number of benzene rings is 4. The third kappa shape index (κ3) is 7.84. The van der Waals surface area contributed by atoms with Crippen LogP contribution in [0, 0.1) is 20.2 Å². The molecule has 0 spiro atoms. The van der Waals surface area contributed by atoms with E-state index in [1.165, 1.54) is 47.8 Å². The first-order valence-electron chi connectivity index (χ1n) is 13.7. The molecule has 0 saturated carbocycles. The van der Waals surface area contributed by atoms with Gasteiger partial charge in [-0.3, -0.25) is 29.8 Å². The Kier molecular flexibility index (Phi) is 8.98. The van der Waals surface area contributed by atoms with Crippen molar-refractivity contribution in [3.63, 3.8) is 0 Å².